The number of halogens is 3. The molecule has 34 heavy (non-hydrogen) atoms. The Morgan fingerprint density at radius 2 is 1.74 bits per heavy atom. The van der Waals surface area contributed by atoms with Crippen LogP contribution in [0, 0.1) is 7.14 Å². The first kappa shape index (κ1) is 25.0. The van der Waals surface area contributed by atoms with Gasteiger partial charge in [0, 0.05) is 5.02 Å². The molecule has 0 atom stereocenters. The number of benzene rings is 3. The Morgan fingerprint density at radius 3 is 2.35 bits per heavy atom. The number of carboxylic acids is 1. The molecule has 0 aliphatic carbocycles. The number of aliphatic imine (C=N–C) groups is 1. The number of hydrogen-bond acceptors (Lipinski definition) is 5. The van der Waals surface area contributed by atoms with Crippen molar-refractivity contribution in [2.45, 2.75) is 6.61 Å². The van der Waals surface area contributed by atoms with Gasteiger partial charge in [0.05, 0.1) is 23.3 Å². The molecule has 4 rings (SSSR count). The van der Waals surface area contributed by atoms with Gasteiger partial charge in [-0.25, -0.2) is 9.79 Å². The summed E-state index contributed by atoms with van der Waals surface area (Å²) in [6.07, 6.45) is 1.82. The van der Waals surface area contributed by atoms with E-state index >= 15 is 0 Å². The highest BCUT2D eigenvalue weighted by molar-refractivity contribution is 14.1. The quantitative estimate of drug-likeness (QED) is 0.219. The number of aromatic carboxylic acids is 1. The second-order valence-corrected chi connectivity index (χ2v) is 10.9. The average Bonchev–Trinajstić information content (AvgIpc) is 3.13. The third-order valence-corrected chi connectivity index (χ3v) is 7.38. The van der Waals surface area contributed by atoms with E-state index < -0.39 is 5.97 Å². The van der Waals surface area contributed by atoms with E-state index in [2.05, 4.69) is 55.5 Å². The smallest absolute Gasteiger partial charge is 0.335 e. The van der Waals surface area contributed by atoms with Crippen LogP contribution in [-0.2, 0) is 11.4 Å². The second-order valence-electron chi connectivity index (χ2n) is 7.06. The lowest BCUT2D eigenvalue weighted by Gasteiger charge is -2.12. The molecular weight excluding hydrogens is 702 g/mol. The van der Waals surface area contributed by atoms with Crippen LogP contribution in [0.15, 0.2) is 70.6 Å². The van der Waals surface area contributed by atoms with E-state index in [0.717, 1.165) is 24.0 Å². The zero-order valence-electron chi connectivity index (χ0n) is 17.2. The van der Waals surface area contributed by atoms with Crippen molar-refractivity contribution in [1.82, 2.24) is 5.32 Å². The van der Waals surface area contributed by atoms with Gasteiger partial charge in [-0.05, 0) is 123 Å². The maximum Gasteiger partial charge on any atom is 0.335 e. The fourth-order valence-corrected chi connectivity index (χ4v) is 6.06. The molecule has 0 radical (unpaired) electrons. The van der Waals surface area contributed by atoms with Crippen molar-refractivity contribution in [2.24, 2.45) is 4.99 Å². The topological polar surface area (TPSA) is 88.0 Å². The SMILES string of the molecule is O=C1NC(=Nc2ccc(Cl)cc2)S/C1=C\c1cc(I)c(OCc2ccc(C(=O)O)cc2)c(I)c1. The Labute approximate surface area is 232 Å². The van der Waals surface area contributed by atoms with Crippen LogP contribution in [0.5, 0.6) is 5.75 Å². The number of amidine groups is 1. The van der Waals surface area contributed by atoms with Crippen molar-refractivity contribution in [3.8, 4) is 5.75 Å². The summed E-state index contributed by atoms with van der Waals surface area (Å²) in [6.45, 7) is 0.315. The highest BCUT2D eigenvalue weighted by Gasteiger charge is 2.24. The minimum absolute atomic E-state index is 0.201. The van der Waals surface area contributed by atoms with E-state index in [0.29, 0.717) is 27.4 Å². The molecule has 6 nitrogen and oxygen atoms in total. The van der Waals surface area contributed by atoms with E-state index in [4.69, 9.17) is 21.4 Å². The molecule has 172 valence electrons. The van der Waals surface area contributed by atoms with Crippen molar-refractivity contribution >= 4 is 97.4 Å². The fraction of sp³-hybridized carbons (Fsp3) is 0.0417. The highest BCUT2D eigenvalue weighted by atomic mass is 127. The number of nitrogens with one attached hydrogen (secondary N) is 1. The van der Waals surface area contributed by atoms with Crippen LogP contribution in [0.3, 0.4) is 0 Å². The Morgan fingerprint density at radius 1 is 1.09 bits per heavy atom. The zero-order chi connectivity index (χ0) is 24.2. The number of rotatable bonds is 6. The molecule has 1 amide bonds. The molecule has 0 unspecified atom stereocenters. The number of nitrogens with zero attached hydrogens (tertiary/aromatic N) is 1. The van der Waals surface area contributed by atoms with Crippen molar-refractivity contribution in [3.05, 3.63) is 94.4 Å². The van der Waals surface area contributed by atoms with Crippen LogP contribution >= 0.6 is 68.5 Å². The van der Waals surface area contributed by atoms with Gasteiger partial charge in [0.15, 0.2) is 5.17 Å². The molecule has 3 aromatic carbocycles. The van der Waals surface area contributed by atoms with Gasteiger partial charge in [-0.1, -0.05) is 23.7 Å². The maximum atomic E-state index is 12.4. The average molecular weight is 717 g/mol. The van der Waals surface area contributed by atoms with Crippen molar-refractivity contribution in [2.75, 3.05) is 0 Å². The Hall–Kier alpha value is -2.09. The predicted molar refractivity (Wildman–Crippen MR) is 152 cm³/mol. The molecule has 0 spiro atoms. The lowest BCUT2D eigenvalue weighted by atomic mass is 10.1. The van der Waals surface area contributed by atoms with Gasteiger partial charge in [0.25, 0.3) is 5.91 Å². The minimum Gasteiger partial charge on any atom is -0.487 e. The van der Waals surface area contributed by atoms with Crippen molar-refractivity contribution < 1.29 is 19.4 Å². The van der Waals surface area contributed by atoms with Crippen LogP contribution in [0.1, 0.15) is 21.5 Å². The van der Waals surface area contributed by atoms with E-state index in [1.54, 1.807) is 48.5 Å². The third kappa shape index (κ3) is 6.32. The first-order chi connectivity index (χ1) is 16.3. The predicted octanol–water partition coefficient (Wildman–Crippen LogP) is 6.72. The van der Waals surface area contributed by atoms with Gasteiger partial charge in [0.2, 0.25) is 0 Å². The largest absolute Gasteiger partial charge is 0.487 e. The summed E-state index contributed by atoms with van der Waals surface area (Å²) in [5, 5.41) is 12.9. The van der Waals surface area contributed by atoms with Gasteiger partial charge in [-0.3, -0.25) is 4.79 Å². The molecule has 1 aliphatic heterocycles. The third-order valence-electron chi connectivity index (χ3n) is 4.61. The number of carbonyl (C=O) groups excluding carboxylic acids is 1. The number of carboxylic acid groups (broad SMARTS) is 1. The van der Waals surface area contributed by atoms with Crippen LogP contribution in [-0.4, -0.2) is 22.2 Å². The molecule has 1 aliphatic rings. The highest BCUT2D eigenvalue weighted by Crippen LogP contribution is 2.33. The summed E-state index contributed by atoms with van der Waals surface area (Å²) in [5.41, 5.74) is 2.68. The summed E-state index contributed by atoms with van der Waals surface area (Å²) >= 11 is 11.6. The number of amides is 1. The number of ether oxygens (including phenoxy) is 1. The molecule has 2 N–H and O–H groups in total. The summed E-state index contributed by atoms with van der Waals surface area (Å²) < 4.78 is 7.80. The number of thioether (sulfide) groups is 1. The number of carbonyl (C=O) groups is 2. The standard InChI is InChI=1S/C24H15ClI2N2O4S/c25-16-5-7-17(8-6-16)28-24-29-22(30)20(34-24)11-14-9-18(26)21(19(27)10-14)33-12-13-1-3-15(4-2-13)23(31)32/h1-11H,12H2,(H,31,32)(H,28,29,30)/b20-11-. The fourth-order valence-electron chi connectivity index (χ4n) is 2.96. The molecule has 0 aromatic heterocycles. The molecule has 3 aromatic rings. The van der Waals surface area contributed by atoms with Crippen LogP contribution in [0.4, 0.5) is 5.69 Å². The molecular formula is C24H15ClI2N2O4S. The minimum atomic E-state index is -0.959. The van der Waals surface area contributed by atoms with Crippen LogP contribution in [0.25, 0.3) is 6.08 Å². The summed E-state index contributed by atoms with van der Waals surface area (Å²) in [5.74, 6) is -0.425. The molecule has 10 heteroatoms. The summed E-state index contributed by atoms with van der Waals surface area (Å²) in [4.78, 5) is 28.4. The lowest BCUT2D eigenvalue weighted by Crippen LogP contribution is -2.19. The van der Waals surface area contributed by atoms with E-state index in [9.17, 15) is 9.59 Å². The molecule has 0 saturated carbocycles. The van der Waals surface area contributed by atoms with Crippen molar-refractivity contribution in [3.63, 3.8) is 0 Å². The van der Waals surface area contributed by atoms with Crippen LogP contribution < -0.4 is 10.1 Å². The Bertz CT molecular complexity index is 1300. The Kier molecular flexibility index (Phi) is 8.17. The van der Waals surface area contributed by atoms with Gasteiger partial charge in [-0.2, -0.15) is 0 Å². The van der Waals surface area contributed by atoms with Gasteiger partial charge >= 0.3 is 5.97 Å². The first-order valence-corrected chi connectivity index (χ1v) is 13.1. The maximum absolute atomic E-state index is 12.4. The van der Waals surface area contributed by atoms with E-state index in [1.165, 1.54) is 11.8 Å². The molecule has 1 saturated heterocycles. The molecule has 0 bridgehead atoms. The monoisotopic (exact) mass is 716 g/mol. The molecule has 1 heterocycles. The second kappa shape index (κ2) is 11.1. The first-order valence-electron chi connectivity index (χ1n) is 9.78. The van der Waals surface area contributed by atoms with E-state index in [-0.39, 0.29) is 11.5 Å². The normalized spacial score (nSPS) is 15.6. The van der Waals surface area contributed by atoms with Gasteiger partial charge < -0.3 is 15.2 Å². The van der Waals surface area contributed by atoms with Gasteiger partial charge in [-0.15, -0.1) is 0 Å². The Balaban J connectivity index is 1.47. The summed E-state index contributed by atoms with van der Waals surface area (Å²) in [7, 11) is 0. The summed E-state index contributed by atoms with van der Waals surface area (Å²) in [6, 6.07) is 17.5. The van der Waals surface area contributed by atoms with Crippen molar-refractivity contribution in [1.29, 1.82) is 0 Å². The zero-order valence-corrected chi connectivity index (χ0v) is 23.1. The number of hydrogen-bond donors (Lipinski definition) is 2. The van der Waals surface area contributed by atoms with Gasteiger partial charge in [0.1, 0.15) is 12.4 Å². The van der Waals surface area contributed by atoms with E-state index in [1.807, 2.05) is 18.2 Å². The van der Waals surface area contributed by atoms with Crippen LogP contribution in [0.2, 0.25) is 5.02 Å². The lowest BCUT2D eigenvalue weighted by molar-refractivity contribution is -0.115. The molecule has 1 fully saturated rings.